The van der Waals surface area contributed by atoms with Gasteiger partial charge in [-0.15, -0.1) is 11.6 Å². The van der Waals surface area contributed by atoms with Crippen molar-refractivity contribution in [1.29, 1.82) is 0 Å². The average molecular weight is 473 g/mol. The van der Waals surface area contributed by atoms with Crippen molar-refractivity contribution in [2.24, 2.45) is 10.8 Å². The standard InChI is InChI=1S/C13H26Br2ClO4P/c1-11(2,3)9(14)13(16,10(15)12(4,5)6)7-8-20-21(17,18)19/h9-10H,7-8H2,1-6H3,(H2,17,18,19). The van der Waals surface area contributed by atoms with E-state index in [2.05, 4.69) is 77.9 Å². The van der Waals surface area contributed by atoms with Crippen LogP contribution < -0.4 is 0 Å². The second kappa shape index (κ2) is 7.50. The second-order valence-electron chi connectivity index (χ2n) is 7.46. The number of halogens is 3. The Bertz CT molecular complexity index is 367. The molecule has 0 aromatic heterocycles. The summed E-state index contributed by atoms with van der Waals surface area (Å²) in [6, 6.07) is 0. The second-order valence-corrected chi connectivity index (χ2v) is 11.2. The zero-order chi connectivity index (χ0) is 17.3. The highest BCUT2D eigenvalue weighted by Crippen LogP contribution is 2.50. The minimum Gasteiger partial charge on any atom is -0.303 e. The maximum absolute atomic E-state index is 10.9. The van der Waals surface area contributed by atoms with Gasteiger partial charge in [0.1, 0.15) is 0 Å². The zero-order valence-corrected chi connectivity index (χ0v) is 18.2. The first-order valence-corrected chi connectivity index (χ1v) is 10.4. The highest BCUT2D eigenvalue weighted by molar-refractivity contribution is 9.10. The molecule has 0 aromatic carbocycles. The van der Waals surface area contributed by atoms with Gasteiger partial charge in [0.25, 0.3) is 0 Å². The van der Waals surface area contributed by atoms with Crippen LogP contribution in [-0.4, -0.2) is 30.9 Å². The van der Waals surface area contributed by atoms with Gasteiger partial charge in [0, 0.05) is 9.65 Å². The van der Waals surface area contributed by atoms with Gasteiger partial charge < -0.3 is 9.79 Å². The Morgan fingerprint density at radius 3 is 1.62 bits per heavy atom. The van der Waals surface area contributed by atoms with Crippen LogP contribution in [0.3, 0.4) is 0 Å². The predicted octanol–water partition coefficient (Wildman–Crippen LogP) is 5.08. The number of alkyl halides is 3. The summed E-state index contributed by atoms with van der Waals surface area (Å²) in [5.41, 5.74) is -0.248. The number of rotatable bonds is 6. The molecule has 0 aliphatic rings. The molecule has 0 saturated heterocycles. The maximum Gasteiger partial charge on any atom is 0.469 e. The Morgan fingerprint density at radius 2 is 1.38 bits per heavy atom. The molecule has 0 saturated carbocycles. The molecule has 0 radical (unpaired) electrons. The summed E-state index contributed by atoms with van der Waals surface area (Å²) in [5.74, 6) is 0. The monoisotopic (exact) mass is 470 g/mol. The third kappa shape index (κ3) is 7.19. The van der Waals surface area contributed by atoms with Crippen molar-refractivity contribution in [3.8, 4) is 0 Å². The van der Waals surface area contributed by atoms with Gasteiger partial charge >= 0.3 is 7.82 Å². The first kappa shape index (κ1) is 22.4. The van der Waals surface area contributed by atoms with E-state index in [-0.39, 0.29) is 27.1 Å². The molecule has 2 unspecified atom stereocenters. The van der Waals surface area contributed by atoms with Crippen LogP contribution >= 0.6 is 51.3 Å². The van der Waals surface area contributed by atoms with Crippen LogP contribution in [0.1, 0.15) is 48.0 Å². The van der Waals surface area contributed by atoms with Crippen LogP contribution in [0.4, 0.5) is 0 Å². The molecule has 0 bridgehead atoms. The third-order valence-electron chi connectivity index (χ3n) is 3.11. The fourth-order valence-corrected chi connectivity index (χ4v) is 4.54. The van der Waals surface area contributed by atoms with Crippen molar-refractivity contribution in [2.45, 2.75) is 62.5 Å². The molecule has 0 aliphatic heterocycles. The summed E-state index contributed by atoms with van der Waals surface area (Å²) < 4.78 is 15.4. The molecule has 0 aliphatic carbocycles. The molecule has 0 fully saturated rings. The van der Waals surface area contributed by atoms with E-state index in [1.54, 1.807) is 0 Å². The fourth-order valence-electron chi connectivity index (χ4n) is 2.14. The van der Waals surface area contributed by atoms with Crippen LogP contribution in [0.5, 0.6) is 0 Å². The lowest BCUT2D eigenvalue weighted by atomic mass is 9.74. The summed E-state index contributed by atoms with van der Waals surface area (Å²) in [5, 5.41) is 0. The first-order chi connectivity index (χ1) is 9.02. The number of phosphoric ester groups is 1. The Morgan fingerprint density at radius 1 is 1.05 bits per heavy atom. The smallest absolute Gasteiger partial charge is 0.303 e. The number of hydrogen-bond donors (Lipinski definition) is 2. The van der Waals surface area contributed by atoms with Crippen LogP contribution in [0, 0.1) is 10.8 Å². The maximum atomic E-state index is 10.9. The van der Waals surface area contributed by atoms with Crippen LogP contribution in [0.2, 0.25) is 0 Å². The summed E-state index contributed by atoms with van der Waals surface area (Å²) in [7, 11) is -4.48. The van der Waals surface area contributed by atoms with Gasteiger partial charge in [0.05, 0.1) is 11.5 Å². The molecule has 0 amide bonds. The summed E-state index contributed by atoms with van der Waals surface area (Å²) >= 11 is 14.3. The molecular formula is C13H26Br2ClO4P. The van der Waals surface area contributed by atoms with E-state index in [0.29, 0.717) is 6.42 Å². The van der Waals surface area contributed by atoms with Crippen LogP contribution in [0.25, 0.3) is 0 Å². The SMILES string of the molecule is CC(C)(C)C(Br)C(Cl)(CCOP(=O)(O)O)C(Br)C(C)(C)C. The van der Waals surface area contributed by atoms with Gasteiger partial charge in [0.15, 0.2) is 0 Å². The molecule has 4 nitrogen and oxygen atoms in total. The molecule has 2 atom stereocenters. The van der Waals surface area contributed by atoms with Gasteiger partial charge in [-0.05, 0) is 17.3 Å². The molecule has 0 rings (SSSR count). The topological polar surface area (TPSA) is 66.8 Å². The van der Waals surface area contributed by atoms with Crippen molar-refractivity contribution in [3.63, 3.8) is 0 Å². The van der Waals surface area contributed by atoms with E-state index in [9.17, 15) is 4.57 Å². The summed E-state index contributed by atoms with van der Waals surface area (Å²) in [6.45, 7) is 12.3. The molecule has 0 spiro atoms. The Balaban J connectivity index is 5.33. The van der Waals surface area contributed by atoms with Crippen molar-refractivity contribution < 1.29 is 18.9 Å². The molecule has 0 heterocycles. The van der Waals surface area contributed by atoms with Crippen molar-refractivity contribution in [3.05, 3.63) is 0 Å². The van der Waals surface area contributed by atoms with E-state index < -0.39 is 12.7 Å². The van der Waals surface area contributed by atoms with Gasteiger partial charge in [0.2, 0.25) is 0 Å². The van der Waals surface area contributed by atoms with Crippen molar-refractivity contribution >= 4 is 51.3 Å². The highest BCUT2D eigenvalue weighted by atomic mass is 79.9. The van der Waals surface area contributed by atoms with Crippen LogP contribution in [0.15, 0.2) is 0 Å². The Labute approximate surface area is 149 Å². The van der Waals surface area contributed by atoms with E-state index >= 15 is 0 Å². The van der Waals surface area contributed by atoms with Gasteiger partial charge in [-0.25, -0.2) is 4.57 Å². The lowest BCUT2D eigenvalue weighted by Crippen LogP contribution is -2.52. The van der Waals surface area contributed by atoms with Crippen LogP contribution in [-0.2, 0) is 9.09 Å². The van der Waals surface area contributed by atoms with Gasteiger partial charge in [-0.2, -0.15) is 0 Å². The number of hydrogen-bond acceptors (Lipinski definition) is 2. The van der Waals surface area contributed by atoms with Crippen molar-refractivity contribution in [2.75, 3.05) is 6.61 Å². The van der Waals surface area contributed by atoms with E-state index in [4.69, 9.17) is 21.4 Å². The molecule has 0 aromatic rings. The molecule has 21 heavy (non-hydrogen) atoms. The minimum atomic E-state index is -4.48. The predicted molar refractivity (Wildman–Crippen MR) is 95.5 cm³/mol. The molecule has 8 heteroatoms. The largest absolute Gasteiger partial charge is 0.469 e. The molecule has 128 valence electrons. The Kier molecular flexibility index (Phi) is 7.99. The van der Waals surface area contributed by atoms with Gasteiger partial charge in [-0.3, -0.25) is 4.52 Å². The highest BCUT2D eigenvalue weighted by Gasteiger charge is 2.50. The van der Waals surface area contributed by atoms with E-state index in [1.807, 2.05) is 0 Å². The quantitative estimate of drug-likeness (QED) is 0.418. The molecular weight excluding hydrogens is 446 g/mol. The minimum absolute atomic E-state index is 0.0804. The van der Waals surface area contributed by atoms with E-state index in [0.717, 1.165) is 0 Å². The number of phosphoric acid groups is 1. The lowest BCUT2D eigenvalue weighted by molar-refractivity contribution is 0.172. The average Bonchev–Trinajstić information content (AvgIpc) is 2.22. The third-order valence-corrected chi connectivity index (χ3v) is 9.16. The summed E-state index contributed by atoms with van der Waals surface area (Å²) in [6.07, 6.45) is 0.306. The van der Waals surface area contributed by atoms with E-state index in [1.165, 1.54) is 0 Å². The van der Waals surface area contributed by atoms with Gasteiger partial charge in [-0.1, -0.05) is 73.4 Å². The lowest BCUT2D eigenvalue weighted by Gasteiger charge is -2.47. The summed E-state index contributed by atoms with van der Waals surface area (Å²) in [4.78, 5) is 16.7. The molecule has 2 N–H and O–H groups in total. The Hall–Kier alpha value is 1.36. The first-order valence-electron chi connectivity index (χ1n) is 6.69. The van der Waals surface area contributed by atoms with Crippen molar-refractivity contribution in [1.82, 2.24) is 0 Å². The normalized spacial score (nSPS) is 20.0. The zero-order valence-electron chi connectivity index (χ0n) is 13.4. The fraction of sp³-hybridized carbons (Fsp3) is 1.00.